The first-order valence-electron chi connectivity index (χ1n) is 7.66. The van der Waals surface area contributed by atoms with Gasteiger partial charge in [0.15, 0.2) is 0 Å². The lowest BCUT2D eigenvalue weighted by molar-refractivity contribution is -0.122. The number of aromatic nitrogens is 2. The number of aliphatic hydroxyl groups excluding tert-OH is 1. The number of hydrogen-bond donors (Lipinski definition) is 3. The second-order valence-electron chi connectivity index (χ2n) is 5.99. The third kappa shape index (κ3) is 3.25. The number of carbonyl (C=O) groups excluding carboxylic acids is 1. The van der Waals surface area contributed by atoms with Crippen LogP contribution in [-0.2, 0) is 11.2 Å². The normalized spacial score (nSPS) is 22.3. The van der Waals surface area contributed by atoms with Crippen molar-refractivity contribution in [2.45, 2.75) is 44.8 Å². The molecule has 1 amide bonds. The van der Waals surface area contributed by atoms with Crippen molar-refractivity contribution in [2.75, 3.05) is 0 Å². The maximum atomic E-state index is 12.2. The van der Waals surface area contributed by atoms with Crippen LogP contribution in [0.3, 0.4) is 0 Å². The van der Waals surface area contributed by atoms with Crippen LogP contribution in [0.2, 0.25) is 5.02 Å². The molecule has 0 spiro atoms. The van der Waals surface area contributed by atoms with Gasteiger partial charge in [-0.05, 0) is 43.4 Å². The monoisotopic (exact) mass is 321 g/mol. The summed E-state index contributed by atoms with van der Waals surface area (Å²) in [6.07, 6.45) is 2.46. The third-order valence-corrected chi connectivity index (χ3v) is 4.56. The average Bonchev–Trinajstić information content (AvgIpc) is 2.82. The molecule has 1 aromatic heterocycles. The molecule has 1 unspecified atom stereocenters. The molecule has 1 saturated carbocycles. The maximum absolute atomic E-state index is 12.2. The second-order valence-corrected chi connectivity index (χ2v) is 6.43. The Hall–Kier alpha value is -1.59. The van der Waals surface area contributed by atoms with Crippen LogP contribution < -0.4 is 5.32 Å². The Balaban J connectivity index is 1.62. The molecule has 3 N–H and O–H groups in total. The number of nitrogens with one attached hydrogen (secondary N) is 2. The highest BCUT2D eigenvalue weighted by Crippen LogP contribution is 2.31. The van der Waals surface area contributed by atoms with E-state index in [1.165, 1.54) is 0 Å². The van der Waals surface area contributed by atoms with E-state index in [2.05, 4.69) is 22.2 Å². The molecule has 1 heterocycles. The van der Waals surface area contributed by atoms with Crippen molar-refractivity contribution in [1.82, 2.24) is 15.3 Å². The summed E-state index contributed by atoms with van der Waals surface area (Å²) in [4.78, 5) is 19.7. The molecule has 0 radical (unpaired) electrons. The number of benzene rings is 1. The van der Waals surface area contributed by atoms with Crippen LogP contribution in [-0.4, -0.2) is 33.1 Å². The summed E-state index contributed by atoms with van der Waals surface area (Å²) in [6.45, 7) is 2.05. The Morgan fingerprint density at radius 3 is 3.00 bits per heavy atom. The number of fused-ring (bicyclic) bond motifs is 1. The van der Waals surface area contributed by atoms with Crippen molar-refractivity contribution < 1.29 is 9.90 Å². The highest BCUT2D eigenvalue weighted by Gasteiger charge is 2.33. The van der Waals surface area contributed by atoms with E-state index in [0.717, 1.165) is 30.3 Å². The fourth-order valence-corrected chi connectivity index (χ4v) is 3.21. The van der Waals surface area contributed by atoms with Gasteiger partial charge in [0.1, 0.15) is 5.82 Å². The topological polar surface area (TPSA) is 78.0 Å². The van der Waals surface area contributed by atoms with Gasteiger partial charge in [0.2, 0.25) is 5.91 Å². The molecule has 22 heavy (non-hydrogen) atoms. The van der Waals surface area contributed by atoms with Gasteiger partial charge in [-0.25, -0.2) is 4.98 Å². The first kappa shape index (κ1) is 15.3. The second kappa shape index (κ2) is 6.26. The first-order valence-corrected chi connectivity index (χ1v) is 8.04. The van der Waals surface area contributed by atoms with E-state index >= 15 is 0 Å². The van der Waals surface area contributed by atoms with E-state index in [-0.39, 0.29) is 24.5 Å². The van der Waals surface area contributed by atoms with E-state index in [9.17, 15) is 9.90 Å². The van der Waals surface area contributed by atoms with Crippen molar-refractivity contribution in [1.29, 1.82) is 0 Å². The van der Waals surface area contributed by atoms with Crippen LogP contribution in [0.4, 0.5) is 0 Å². The molecular weight excluding hydrogens is 302 g/mol. The quantitative estimate of drug-likeness (QED) is 0.791. The minimum absolute atomic E-state index is 0.0432. The van der Waals surface area contributed by atoms with Gasteiger partial charge in [-0.15, -0.1) is 0 Å². The molecule has 3 rings (SSSR count). The summed E-state index contributed by atoms with van der Waals surface area (Å²) in [5.41, 5.74) is 1.64. The Morgan fingerprint density at radius 2 is 2.32 bits per heavy atom. The smallest absolute Gasteiger partial charge is 0.227 e. The lowest BCUT2D eigenvalue weighted by atomic mass is 9.76. The summed E-state index contributed by atoms with van der Waals surface area (Å²) < 4.78 is 0. The molecule has 1 aliphatic rings. The summed E-state index contributed by atoms with van der Waals surface area (Å²) in [7, 11) is 0. The standard InChI is InChI=1S/C16H20ClN3O2/c1-2-12(9-5-11(21)6-9)20-16(22)8-15-18-13-4-3-10(17)7-14(13)19-15/h3-4,7,9,11-12,21H,2,5-6,8H2,1H3,(H,18,19)(H,20,22). The van der Waals surface area contributed by atoms with Crippen LogP contribution in [0.1, 0.15) is 32.0 Å². The van der Waals surface area contributed by atoms with Crippen molar-refractivity contribution in [2.24, 2.45) is 5.92 Å². The number of aliphatic hydroxyl groups is 1. The van der Waals surface area contributed by atoms with Crippen molar-refractivity contribution in [3.05, 3.63) is 29.0 Å². The number of H-pyrrole nitrogens is 1. The fourth-order valence-electron chi connectivity index (χ4n) is 3.04. The molecule has 0 bridgehead atoms. The molecule has 118 valence electrons. The molecule has 2 aromatic rings. The summed E-state index contributed by atoms with van der Waals surface area (Å²) in [6, 6.07) is 5.55. The highest BCUT2D eigenvalue weighted by molar-refractivity contribution is 6.31. The van der Waals surface area contributed by atoms with E-state index in [1.54, 1.807) is 12.1 Å². The Labute approximate surface area is 134 Å². The van der Waals surface area contributed by atoms with Crippen molar-refractivity contribution in [3.63, 3.8) is 0 Å². The predicted octanol–water partition coefficient (Wildman–Crippen LogP) is 2.42. The number of imidazole rings is 1. The van der Waals surface area contributed by atoms with E-state index < -0.39 is 0 Å². The van der Waals surface area contributed by atoms with Gasteiger partial charge < -0.3 is 15.4 Å². The van der Waals surface area contributed by atoms with Gasteiger partial charge >= 0.3 is 0 Å². The fraction of sp³-hybridized carbons (Fsp3) is 0.500. The van der Waals surface area contributed by atoms with Crippen molar-refractivity contribution >= 4 is 28.5 Å². The van der Waals surface area contributed by atoms with Gasteiger partial charge in [-0.1, -0.05) is 18.5 Å². The lowest BCUT2D eigenvalue weighted by Crippen LogP contribution is -2.47. The molecule has 1 atom stereocenters. The minimum atomic E-state index is -0.198. The number of halogens is 1. The number of nitrogens with zero attached hydrogens (tertiary/aromatic N) is 1. The van der Waals surface area contributed by atoms with Crippen LogP contribution in [0.25, 0.3) is 11.0 Å². The number of carbonyl (C=O) groups is 1. The zero-order valence-electron chi connectivity index (χ0n) is 12.5. The van der Waals surface area contributed by atoms with E-state index in [4.69, 9.17) is 11.6 Å². The van der Waals surface area contributed by atoms with Crippen molar-refractivity contribution in [3.8, 4) is 0 Å². The van der Waals surface area contributed by atoms with Gasteiger partial charge in [0, 0.05) is 11.1 Å². The Kier molecular flexibility index (Phi) is 4.36. The summed E-state index contributed by atoms with van der Waals surface area (Å²) in [5.74, 6) is 0.982. The van der Waals surface area contributed by atoms with Crippen LogP contribution in [0, 0.1) is 5.92 Å². The number of hydrogen-bond acceptors (Lipinski definition) is 3. The van der Waals surface area contributed by atoms with Crippen LogP contribution in [0.5, 0.6) is 0 Å². The highest BCUT2D eigenvalue weighted by atomic mass is 35.5. The van der Waals surface area contributed by atoms with Crippen LogP contribution >= 0.6 is 11.6 Å². The van der Waals surface area contributed by atoms with Gasteiger partial charge in [0.25, 0.3) is 0 Å². The largest absolute Gasteiger partial charge is 0.393 e. The van der Waals surface area contributed by atoms with Gasteiger partial charge in [0.05, 0.1) is 23.6 Å². The first-order chi connectivity index (χ1) is 10.5. The molecule has 0 saturated heterocycles. The zero-order chi connectivity index (χ0) is 15.7. The predicted molar refractivity (Wildman–Crippen MR) is 85.8 cm³/mol. The minimum Gasteiger partial charge on any atom is -0.393 e. The van der Waals surface area contributed by atoms with Crippen LogP contribution in [0.15, 0.2) is 18.2 Å². The van der Waals surface area contributed by atoms with Gasteiger partial charge in [-0.2, -0.15) is 0 Å². The molecule has 6 heteroatoms. The molecular formula is C16H20ClN3O2. The molecule has 1 aromatic carbocycles. The van der Waals surface area contributed by atoms with E-state index in [1.807, 2.05) is 6.07 Å². The zero-order valence-corrected chi connectivity index (χ0v) is 13.2. The summed E-state index contributed by atoms with van der Waals surface area (Å²) in [5, 5.41) is 13.1. The summed E-state index contributed by atoms with van der Waals surface area (Å²) >= 11 is 5.94. The van der Waals surface area contributed by atoms with E-state index in [0.29, 0.717) is 16.8 Å². The molecule has 5 nitrogen and oxygen atoms in total. The molecule has 1 aliphatic carbocycles. The molecule has 0 aliphatic heterocycles. The number of aromatic amines is 1. The molecule has 1 fully saturated rings. The lowest BCUT2D eigenvalue weighted by Gasteiger charge is -2.37. The third-order valence-electron chi connectivity index (χ3n) is 4.33. The average molecular weight is 322 g/mol. The Bertz CT molecular complexity index is 679. The SMILES string of the molecule is CCC(NC(=O)Cc1nc2ccc(Cl)cc2[nH]1)C1CC(O)C1. The number of amides is 1. The Morgan fingerprint density at radius 1 is 1.55 bits per heavy atom. The maximum Gasteiger partial charge on any atom is 0.227 e. The van der Waals surface area contributed by atoms with Gasteiger partial charge in [-0.3, -0.25) is 4.79 Å². The number of rotatable bonds is 5.